The fourth-order valence-electron chi connectivity index (χ4n) is 2.68. The summed E-state index contributed by atoms with van der Waals surface area (Å²) in [5.41, 5.74) is 0.113. The second-order valence-electron chi connectivity index (χ2n) is 6.10. The van der Waals surface area contributed by atoms with Gasteiger partial charge in [-0.25, -0.2) is 9.36 Å². The van der Waals surface area contributed by atoms with Crippen LogP contribution in [0.25, 0.3) is 5.82 Å². The maximum absolute atomic E-state index is 12.5. The number of carbonyl (C=O) groups is 1. The Balaban J connectivity index is 1.51. The van der Waals surface area contributed by atoms with Crippen molar-refractivity contribution in [2.75, 3.05) is 5.32 Å². The first-order valence-electron chi connectivity index (χ1n) is 8.89. The molecule has 29 heavy (non-hydrogen) atoms. The largest absolute Gasteiger partial charge is 0.455 e. The van der Waals surface area contributed by atoms with Crippen LogP contribution in [0.2, 0.25) is 0 Å². The van der Waals surface area contributed by atoms with Crippen LogP contribution in [-0.2, 0) is 11.3 Å². The van der Waals surface area contributed by atoms with Crippen LogP contribution in [0.4, 0.5) is 5.69 Å². The van der Waals surface area contributed by atoms with Crippen molar-refractivity contribution in [3.63, 3.8) is 0 Å². The molecule has 2 aromatic heterocycles. The number of ether oxygens (including phenoxy) is 1. The number of hydrogen-bond acceptors (Lipinski definition) is 5. The van der Waals surface area contributed by atoms with E-state index in [4.69, 9.17) is 4.74 Å². The van der Waals surface area contributed by atoms with E-state index in [9.17, 15) is 9.59 Å². The van der Waals surface area contributed by atoms with E-state index in [0.29, 0.717) is 23.0 Å². The monoisotopic (exact) mass is 387 g/mol. The van der Waals surface area contributed by atoms with Crippen LogP contribution in [0, 0.1) is 0 Å². The first-order chi connectivity index (χ1) is 14.2. The Morgan fingerprint density at radius 3 is 2.55 bits per heavy atom. The van der Waals surface area contributed by atoms with Crippen LogP contribution in [0.1, 0.15) is 0 Å². The van der Waals surface area contributed by atoms with Crippen molar-refractivity contribution in [3.05, 3.63) is 95.5 Å². The summed E-state index contributed by atoms with van der Waals surface area (Å²) < 4.78 is 8.44. The fraction of sp³-hybridized carbons (Fsp3) is 0.0476. The van der Waals surface area contributed by atoms with Crippen molar-refractivity contribution in [3.8, 4) is 17.3 Å². The van der Waals surface area contributed by atoms with Gasteiger partial charge in [-0.1, -0.05) is 30.3 Å². The fourth-order valence-corrected chi connectivity index (χ4v) is 2.68. The maximum atomic E-state index is 12.5. The highest BCUT2D eigenvalue weighted by Gasteiger charge is 2.11. The normalized spacial score (nSPS) is 10.5. The zero-order valence-electron chi connectivity index (χ0n) is 15.3. The lowest BCUT2D eigenvalue weighted by atomic mass is 10.3. The van der Waals surface area contributed by atoms with Gasteiger partial charge in [-0.2, -0.15) is 5.10 Å². The first-order valence-corrected chi connectivity index (χ1v) is 8.89. The molecule has 0 aliphatic heterocycles. The number of nitrogens with zero attached hydrogens (tertiary/aromatic N) is 4. The predicted molar refractivity (Wildman–Crippen MR) is 107 cm³/mol. The molecule has 2 aromatic carbocycles. The molecule has 4 aromatic rings. The van der Waals surface area contributed by atoms with Gasteiger partial charge in [0.1, 0.15) is 12.3 Å². The lowest BCUT2D eigenvalue weighted by Crippen LogP contribution is -2.30. The summed E-state index contributed by atoms with van der Waals surface area (Å²) in [5, 5.41) is 11.1. The van der Waals surface area contributed by atoms with E-state index in [1.54, 1.807) is 42.7 Å². The number of benzene rings is 2. The highest BCUT2D eigenvalue weighted by atomic mass is 16.5. The molecule has 1 N–H and O–H groups in total. The van der Waals surface area contributed by atoms with Gasteiger partial charge in [0.05, 0.1) is 5.69 Å². The highest BCUT2D eigenvalue weighted by molar-refractivity contribution is 5.92. The molecule has 0 saturated heterocycles. The van der Waals surface area contributed by atoms with Crippen LogP contribution < -0.4 is 15.6 Å². The van der Waals surface area contributed by atoms with Gasteiger partial charge in [0.2, 0.25) is 5.91 Å². The van der Waals surface area contributed by atoms with Crippen molar-refractivity contribution in [2.24, 2.45) is 0 Å². The van der Waals surface area contributed by atoms with Crippen LogP contribution >= 0.6 is 0 Å². The lowest BCUT2D eigenvalue weighted by molar-refractivity contribution is -0.117. The Morgan fingerprint density at radius 2 is 1.76 bits per heavy atom. The molecule has 4 rings (SSSR count). The third-order valence-electron chi connectivity index (χ3n) is 4.02. The molecule has 8 heteroatoms. The molecule has 0 bridgehead atoms. The molecule has 0 saturated carbocycles. The molecule has 8 nitrogen and oxygen atoms in total. The zero-order chi connectivity index (χ0) is 20.1. The molecule has 0 radical (unpaired) electrons. The van der Waals surface area contributed by atoms with E-state index in [-0.39, 0.29) is 12.1 Å². The summed E-state index contributed by atoms with van der Waals surface area (Å²) in [6.07, 6.45) is 3.31. The van der Waals surface area contributed by atoms with Crippen LogP contribution in [-0.4, -0.2) is 25.5 Å². The zero-order valence-corrected chi connectivity index (χ0v) is 15.3. The quantitative estimate of drug-likeness (QED) is 0.549. The van der Waals surface area contributed by atoms with Gasteiger partial charge in [-0.15, -0.1) is 5.10 Å². The third-order valence-corrected chi connectivity index (χ3v) is 4.02. The summed E-state index contributed by atoms with van der Waals surface area (Å²) in [6.45, 7) is -0.242. The second kappa shape index (κ2) is 8.22. The molecule has 144 valence electrons. The standard InChI is InChI=1S/C21H17N5O3/c27-20(15-26-21(28)12-11-19(24-26)25-14-6-13-22-25)23-17-9-4-5-10-18(17)29-16-7-2-1-3-8-16/h1-14H,15H2,(H,23,27). The van der Waals surface area contributed by atoms with Gasteiger partial charge in [0.25, 0.3) is 5.56 Å². The third kappa shape index (κ3) is 4.38. The van der Waals surface area contributed by atoms with E-state index in [2.05, 4.69) is 15.5 Å². The van der Waals surface area contributed by atoms with Crippen molar-refractivity contribution < 1.29 is 9.53 Å². The Labute approximate surface area is 166 Å². The number of rotatable bonds is 6. The van der Waals surface area contributed by atoms with Gasteiger partial charge < -0.3 is 10.1 Å². The van der Waals surface area contributed by atoms with Gasteiger partial charge >= 0.3 is 0 Å². The van der Waals surface area contributed by atoms with Crippen molar-refractivity contribution >= 4 is 11.6 Å². The summed E-state index contributed by atoms with van der Waals surface area (Å²) >= 11 is 0. The molecule has 0 fully saturated rings. The average Bonchev–Trinajstić information content (AvgIpc) is 3.27. The molecular weight excluding hydrogens is 370 g/mol. The SMILES string of the molecule is O=C(Cn1nc(-n2cccn2)ccc1=O)Nc1ccccc1Oc1ccccc1. The molecule has 0 aliphatic rings. The van der Waals surface area contributed by atoms with E-state index < -0.39 is 5.91 Å². The Bertz CT molecular complexity index is 1170. The number of hydrogen-bond donors (Lipinski definition) is 1. The lowest BCUT2D eigenvalue weighted by Gasteiger charge is -2.12. The van der Waals surface area contributed by atoms with Gasteiger partial charge in [-0.05, 0) is 36.4 Å². The summed E-state index contributed by atoms with van der Waals surface area (Å²) in [6, 6.07) is 21.0. The maximum Gasteiger partial charge on any atom is 0.267 e. The van der Waals surface area contributed by atoms with Gasteiger partial charge in [0, 0.05) is 18.5 Å². The molecule has 0 aliphatic carbocycles. The molecular formula is C21H17N5O3. The molecule has 0 spiro atoms. The Hall–Kier alpha value is -4.20. The molecule has 0 atom stereocenters. The van der Waals surface area contributed by atoms with E-state index >= 15 is 0 Å². The summed E-state index contributed by atoms with van der Waals surface area (Å²) in [7, 11) is 0. The second-order valence-corrected chi connectivity index (χ2v) is 6.10. The number of anilines is 1. The average molecular weight is 387 g/mol. The van der Waals surface area contributed by atoms with Crippen molar-refractivity contribution in [1.29, 1.82) is 0 Å². The van der Waals surface area contributed by atoms with E-state index in [1.165, 1.54) is 10.7 Å². The van der Waals surface area contributed by atoms with Crippen LogP contribution in [0.15, 0.2) is 90.0 Å². The topological polar surface area (TPSA) is 91.0 Å². The van der Waals surface area contributed by atoms with Crippen LogP contribution in [0.5, 0.6) is 11.5 Å². The van der Waals surface area contributed by atoms with Crippen molar-refractivity contribution in [1.82, 2.24) is 19.6 Å². The summed E-state index contributed by atoms with van der Waals surface area (Å²) in [4.78, 5) is 24.7. The minimum Gasteiger partial charge on any atom is -0.455 e. The molecule has 2 heterocycles. The highest BCUT2D eigenvalue weighted by Crippen LogP contribution is 2.29. The number of aromatic nitrogens is 4. The number of para-hydroxylation sites is 3. The number of carbonyl (C=O) groups excluding carboxylic acids is 1. The first kappa shape index (κ1) is 18.2. The Kier molecular flexibility index (Phi) is 5.15. The summed E-state index contributed by atoms with van der Waals surface area (Å²) in [5.74, 6) is 1.19. The Morgan fingerprint density at radius 1 is 0.966 bits per heavy atom. The molecule has 1 amide bonds. The van der Waals surface area contributed by atoms with Gasteiger partial charge in [-0.3, -0.25) is 9.59 Å². The number of amides is 1. The van der Waals surface area contributed by atoms with Gasteiger partial charge in [0.15, 0.2) is 11.6 Å². The minimum atomic E-state index is -0.402. The number of nitrogens with one attached hydrogen (secondary N) is 1. The minimum absolute atomic E-state index is 0.242. The van der Waals surface area contributed by atoms with E-state index in [1.807, 2.05) is 36.4 Å². The molecule has 0 unspecified atom stereocenters. The predicted octanol–water partition coefficient (Wildman–Crippen LogP) is 2.86. The van der Waals surface area contributed by atoms with Crippen molar-refractivity contribution in [2.45, 2.75) is 6.54 Å². The smallest absolute Gasteiger partial charge is 0.267 e. The van der Waals surface area contributed by atoms with Crippen LogP contribution in [0.3, 0.4) is 0 Å². The van der Waals surface area contributed by atoms with E-state index in [0.717, 1.165) is 4.68 Å².